The molecule has 0 bridgehead atoms. The van der Waals surface area contributed by atoms with E-state index in [0.717, 1.165) is 24.1 Å². The quantitative estimate of drug-likeness (QED) is 0.625. The van der Waals surface area contributed by atoms with Crippen molar-refractivity contribution in [3.05, 3.63) is 6.07 Å². The number of aromatic nitrogens is 2. The Morgan fingerprint density at radius 1 is 1.56 bits per heavy atom. The summed E-state index contributed by atoms with van der Waals surface area (Å²) in [6.07, 6.45) is 4.51. The summed E-state index contributed by atoms with van der Waals surface area (Å²) in [7, 11) is 0. The molecule has 0 aromatic carbocycles. The van der Waals surface area contributed by atoms with E-state index in [1.165, 1.54) is 31.1 Å². The van der Waals surface area contributed by atoms with Gasteiger partial charge in [-0.15, -0.1) is 0 Å². The lowest BCUT2D eigenvalue weighted by atomic mass is 10.2. The third kappa shape index (κ3) is 3.26. The highest BCUT2D eigenvalue weighted by molar-refractivity contribution is 7.98. The highest BCUT2D eigenvalue weighted by Crippen LogP contribution is 2.19. The molecule has 6 heteroatoms. The van der Waals surface area contributed by atoms with Crippen LogP contribution in [0.2, 0.25) is 0 Å². The Morgan fingerprint density at radius 2 is 2.39 bits per heavy atom. The van der Waals surface area contributed by atoms with Gasteiger partial charge in [0.2, 0.25) is 0 Å². The molecule has 0 amide bonds. The molecule has 1 aromatic rings. The summed E-state index contributed by atoms with van der Waals surface area (Å²) in [6, 6.07) is 2.41. The van der Waals surface area contributed by atoms with Crippen molar-refractivity contribution in [2.24, 2.45) is 0 Å². The van der Waals surface area contributed by atoms with Gasteiger partial charge >= 0.3 is 0 Å². The van der Waals surface area contributed by atoms with Gasteiger partial charge in [0, 0.05) is 18.7 Å². The molecule has 5 nitrogen and oxygen atoms in total. The van der Waals surface area contributed by atoms with Crippen LogP contribution in [-0.4, -0.2) is 46.8 Å². The van der Waals surface area contributed by atoms with Crippen LogP contribution in [0.4, 0.5) is 11.6 Å². The standard InChI is InChI=1S/C12H21N5S/c1-3-17-6-4-5-9(17)8-14-11-7-10(13)15-12(16-11)18-2/h7,9H,3-6,8H2,1-2H3,(H3,13,14,15,16). The molecule has 0 spiro atoms. The first-order valence-corrected chi connectivity index (χ1v) is 7.62. The fourth-order valence-electron chi connectivity index (χ4n) is 2.39. The molecule has 0 saturated carbocycles. The molecule has 1 aliphatic heterocycles. The van der Waals surface area contributed by atoms with Crippen molar-refractivity contribution in [2.75, 3.05) is 36.9 Å². The van der Waals surface area contributed by atoms with Gasteiger partial charge in [0.1, 0.15) is 11.6 Å². The summed E-state index contributed by atoms with van der Waals surface area (Å²) in [5.74, 6) is 1.35. The summed E-state index contributed by atoms with van der Waals surface area (Å²) in [5, 5.41) is 4.10. The van der Waals surface area contributed by atoms with Gasteiger partial charge in [-0.1, -0.05) is 18.7 Å². The van der Waals surface area contributed by atoms with Crippen LogP contribution in [0, 0.1) is 0 Å². The van der Waals surface area contributed by atoms with E-state index in [2.05, 4.69) is 27.1 Å². The molecule has 2 rings (SSSR count). The van der Waals surface area contributed by atoms with E-state index in [1.54, 1.807) is 6.07 Å². The highest BCUT2D eigenvalue weighted by Gasteiger charge is 2.22. The lowest BCUT2D eigenvalue weighted by molar-refractivity contribution is 0.277. The van der Waals surface area contributed by atoms with Crippen molar-refractivity contribution in [1.82, 2.24) is 14.9 Å². The molecule has 18 heavy (non-hydrogen) atoms. The van der Waals surface area contributed by atoms with E-state index in [9.17, 15) is 0 Å². The molecular weight excluding hydrogens is 246 g/mol. The van der Waals surface area contributed by atoms with Crippen molar-refractivity contribution in [3.63, 3.8) is 0 Å². The summed E-state index contributed by atoms with van der Waals surface area (Å²) in [5.41, 5.74) is 5.76. The third-order valence-electron chi connectivity index (χ3n) is 3.33. The number of anilines is 2. The van der Waals surface area contributed by atoms with Crippen LogP contribution in [-0.2, 0) is 0 Å². The van der Waals surface area contributed by atoms with Gasteiger partial charge in [0.05, 0.1) is 0 Å². The van der Waals surface area contributed by atoms with Crippen molar-refractivity contribution >= 4 is 23.4 Å². The fraction of sp³-hybridized carbons (Fsp3) is 0.667. The Morgan fingerprint density at radius 3 is 3.11 bits per heavy atom. The number of likely N-dealkylation sites (tertiary alicyclic amines) is 1. The molecule has 0 radical (unpaired) electrons. The highest BCUT2D eigenvalue weighted by atomic mass is 32.2. The van der Waals surface area contributed by atoms with Crippen LogP contribution in [0.15, 0.2) is 11.2 Å². The first kappa shape index (κ1) is 13.4. The largest absolute Gasteiger partial charge is 0.383 e. The Kier molecular flexibility index (Phi) is 4.66. The van der Waals surface area contributed by atoms with E-state index in [1.807, 2.05) is 6.26 Å². The van der Waals surface area contributed by atoms with Crippen LogP contribution in [0.25, 0.3) is 0 Å². The van der Waals surface area contributed by atoms with E-state index in [4.69, 9.17) is 5.73 Å². The van der Waals surface area contributed by atoms with Gasteiger partial charge in [-0.2, -0.15) is 0 Å². The third-order valence-corrected chi connectivity index (χ3v) is 3.88. The lowest BCUT2D eigenvalue weighted by Crippen LogP contribution is -2.34. The topological polar surface area (TPSA) is 67.1 Å². The van der Waals surface area contributed by atoms with Crippen molar-refractivity contribution in [3.8, 4) is 0 Å². The van der Waals surface area contributed by atoms with E-state index in [0.29, 0.717) is 11.9 Å². The number of thioether (sulfide) groups is 1. The van der Waals surface area contributed by atoms with E-state index < -0.39 is 0 Å². The van der Waals surface area contributed by atoms with Crippen molar-refractivity contribution in [1.29, 1.82) is 0 Å². The maximum Gasteiger partial charge on any atom is 0.191 e. The first-order chi connectivity index (χ1) is 8.72. The predicted molar refractivity (Wildman–Crippen MR) is 77.0 cm³/mol. The second-order valence-electron chi connectivity index (χ2n) is 4.47. The predicted octanol–water partition coefficient (Wildman–Crippen LogP) is 1.68. The Balaban J connectivity index is 1.95. The summed E-state index contributed by atoms with van der Waals surface area (Å²) < 4.78 is 0. The maximum atomic E-state index is 5.76. The number of nitrogens with two attached hydrogens (primary N) is 1. The number of hydrogen-bond donors (Lipinski definition) is 2. The number of nitrogens with one attached hydrogen (secondary N) is 1. The lowest BCUT2D eigenvalue weighted by Gasteiger charge is -2.23. The minimum absolute atomic E-state index is 0.524. The van der Waals surface area contributed by atoms with Gasteiger partial charge < -0.3 is 11.1 Å². The van der Waals surface area contributed by atoms with Crippen LogP contribution in [0.1, 0.15) is 19.8 Å². The summed E-state index contributed by atoms with van der Waals surface area (Å²) in [4.78, 5) is 11.1. The molecule has 3 N–H and O–H groups in total. The number of nitrogen functional groups attached to an aromatic ring is 1. The number of nitrogens with zero attached hydrogens (tertiary/aromatic N) is 3. The van der Waals surface area contributed by atoms with E-state index in [-0.39, 0.29) is 0 Å². The Bertz CT molecular complexity index is 398. The summed E-state index contributed by atoms with van der Waals surface area (Å²) in [6.45, 7) is 5.48. The van der Waals surface area contributed by atoms with Gasteiger partial charge in [0.25, 0.3) is 0 Å². The molecule has 1 fully saturated rings. The number of likely N-dealkylation sites (N-methyl/N-ethyl adjacent to an activating group) is 1. The molecule has 1 unspecified atom stereocenters. The Labute approximate surface area is 113 Å². The normalized spacial score (nSPS) is 20.2. The van der Waals surface area contributed by atoms with Gasteiger partial charge in [-0.05, 0) is 32.2 Å². The number of hydrogen-bond acceptors (Lipinski definition) is 6. The van der Waals surface area contributed by atoms with Crippen molar-refractivity contribution < 1.29 is 0 Å². The van der Waals surface area contributed by atoms with Crippen LogP contribution < -0.4 is 11.1 Å². The number of rotatable bonds is 5. The summed E-state index contributed by atoms with van der Waals surface area (Å²) >= 11 is 1.51. The molecular formula is C12H21N5S. The van der Waals surface area contributed by atoms with Gasteiger partial charge in [-0.25, -0.2) is 9.97 Å². The van der Waals surface area contributed by atoms with Gasteiger partial charge in [-0.3, -0.25) is 4.90 Å². The smallest absolute Gasteiger partial charge is 0.191 e. The molecule has 1 atom stereocenters. The average Bonchev–Trinajstić information content (AvgIpc) is 2.83. The Hall–Kier alpha value is -1.01. The molecule has 100 valence electrons. The second kappa shape index (κ2) is 6.24. The molecule has 1 aliphatic rings. The van der Waals surface area contributed by atoms with Crippen LogP contribution >= 0.6 is 11.8 Å². The van der Waals surface area contributed by atoms with Gasteiger partial charge in [0.15, 0.2) is 5.16 Å². The zero-order chi connectivity index (χ0) is 13.0. The molecule has 1 saturated heterocycles. The first-order valence-electron chi connectivity index (χ1n) is 6.39. The minimum Gasteiger partial charge on any atom is -0.383 e. The van der Waals surface area contributed by atoms with Crippen LogP contribution in [0.5, 0.6) is 0 Å². The monoisotopic (exact) mass is 267 g/mol. The fourth-order valence-corrected chi connectivity index (χ4v) is 2.78. The van der Waals surface area contributed by atoms with E-state index >= 15 is 0 Å². The minimum atomic E-state index is 0.524. The maximum absolute atomic E-state index is 5.76. The second-order valence-corrected chi connectivity index (χ2v) is 5.24. The molecule has 0 aliphatic carbocycles. The zero-order valence-electron chi connectivity index (χ0n) is 11.0. The zero-order valence-corrected chi connectivity index (χ0v) is 11.8. The molecule has 1 aromatic heterocycles. The molecule has 2 heterocycles. The van der Waals surface area contributed by atoms with Crippen LogP contribution in [0.3, 0.4) is 0 Å². The SMILES string of the molecule is CCN1CCCC1CNc1cc(N)nc(SC)n1. The average molecular weight is 267 g/mol. The van der Waals surface area contributed by atoms with Crippen molar-refractivity contribution in [2.45, 2.75) is 31.0 Å².